The van der Waals surface area contributed by atoms with Gasteiger partial charge in [0.1, 0.15) is 0 Å². The Morgan fingerprint density at radius 1 is 1.05 bits per heavy atom. The lowest BCUT2D eigenvalue weighted by molar-refractivity contribution is 0.280. The second-order valence-electron chi connectivity index (χ2n) is 6.11. The first-order valence-corrected chi connectivity index (χ1v) is 9.01. The number of aryl methyl sites for hydroxylation is 3. The number of sulfonamides is 1. The molecule has 1 aromatic heterocycles. The molecule has 3 rings (SSSR count). The van der Waals surface area contributed by atoms with Crippen molar-refractivity contribution >= 4 is 10.0 Å². The van der Waals surface area contributed by atoms with Crippen LogP contribution in [0.1, 0.15) is 35.5 Å². The summed E-state index contributed by atoms with van der Waals surface area (Å²) in [5, 5.41) is 0. The third-order valence-electron chi connectivity index (χ3n) is 4.57. The molecule has 0 unspecified atom stereocenters. The number of benzene rings is 1. The normalized spacial score (nSPS) is 19.2. The van der Waals surface area contributed by atoms with Crippen LogP contribution >= 0.6 is 0 Å². The van der Waals surface area contributed by atoms with Crippen LogP contribution in [0.2, 0.25) is 0 Å². The molecular formula is C17H22N2O2S. The second-order valence-corrected chi connectivity index (χ2v) is 7.97. The van der Waals surface area contributed by atoms with Gasteiger partial charge in [0.05, 0.1) is 10.9 Å². The molecule has 0 amide bonds. The van der Waals surface area contributed by atoms with Gasteiger partial charge in [-0.15, -0.1) is 0 Å². The lowest BCUT2D eigenvalue weighted by atomic mass is 10.2. The molecule has 5 heteroatoms. The van der Waals surface area contributed by atoms with E-state index in [2.05, 4.69) is 17.6 Å². The zero-order valence-electron chi connectivity index (χ0n) is 13.5. The van der Waals surface area contributed by atoms with Crippen LogP contribution in [-0.4, -0.2) is 23.8 Å². The fourth-order valence-corrected chi connectivity index (χ4v) is 5.15. The van der Waals surface area contributed by atoms with E-state index in [1.807, 2.05) is 39.0 Å². The molecule has 1 aliphatic heterocycles. The Bertz CT molecular complexity index is 821. The van der Waals surface area contributed by atoms with Gasteiger partial charge in [-0.1, -0.05) is 12.1 Å². The van der Waals surface area contributed by atoms with Gasteiger partial charge in [0.2, 0.25) is 10.0 Å². The summed E-state index contributed by atoms with van der Waals surface area (Å²) in [6.07, 6.45) is 0. The minimum Gasteiger partial charge on any atom is -0.346 e. The SMILES string of the molecule is Cc1ccc(C)c(S(=O)(=O)N2CCn3c(C)ccc3[C@@H]2C)c1. The summed E-state index contributed by atoms with van der Waals surface area (Å²) < 4.78 is 30.0. The fourth-order valence-electron chi connectivity index (χ4n) is 3.24. The molecule has 2 heterocycles. The molecule has 0 saturated carbocycles. The molecule has 1 aliphatic rings. The van der Waals surface area contributed by atoms with Crippen molar-refractivity contribution in [1.82, 2.24) is 8.87 Å². The van der Waals surface area contributed by atoms with Gasteiger partial charge in [-0.3, -0.25) is 0 Å². The molecule has 0 N–H and O–H groups in total. The van der Waals surface area contributed by atoms with Crippen molar-refractivity contribution < 1.29 is 8.42 Å². The summed E-state index contributed by atoms with van der Waals surface area (Å²) in [5.74, 6) is 0. The summed E-state index contributed by atoms with van der Waals surface area (Å²) in [6.45, 7) is 9.03. The van der Waals surface area contributed by atoms with Crippen molar-refractivity contribution in [2.24, 2.45) is 0 Å². The van der Waals surface area contributed by atoms with Gasteiger partial charge < -0.3 is 4.57 Å². The van der Waals surface area contributed by atoms with E-state index in [1.165, 1.54) is 5.69 Å². The number of hydrogen-bond donors (Lipinski definition) is 0. The molecule has 0 spiro atoms. The first-order chi connectivity index (χ1) is 10.3. The Kier molecular flexibility index (Phi) is 3.65. The molecule has 0 saturated heterocycles. The van der Waals surface area contributed by atoms with Gasteiger partial charge in [0.15, 0.2) is 0 Å². The van der Waals surface area contributed by atoms with Gasteiger partial charge in [0.25, 0.3) is 0 Å². The molecule has 118 valence electrons. The van der Waals surface area contributed by atoms with Gasteiger partial charge in [-0.05, 0) is 57.0 Å². The summed E-state index contributed by atoms with van der Waals surface area (Å²) in [7, 11) is -3.48. The van der Waals surface area contributed by atoms with Gasteiger partial charge in [-0.25, -0.2) is 8.42 Å². The van der Waals surface area contributed by atoms with Crippen molar-refractivity contribution in [3.05, 3.63) is 52.8 Å². The van der Waals surface area contributed by atoms with E-state index in [9.17, 15) is 8.42 Å². The molecule has 0 fully saturated rings. The zero-order valence-corrected chi connectivity index (χ0v) is 14.3. The number of hydrogen-bond acceptors (Lipinski definition) is 2. The number of fused-ring (bicyclic) bond motifs is 1. The summed E-state index contributed by atoms with van der Waals surface area (Å²) in [4.78, 5) is 0.427. The van der Waals surface area contributed by atoms with E-state index in [1.54, 1.807) is 10.4 Å². The van der Waals surface area contributed by atoms with Crippen LogP contribution in [0.5, 0.6) is 0 Å². The van der Waals surface area contributed by atoms with E-state index in [0.29, 0.717) is 18.0 Å². The van der Waals surface area contributed by atoms with Gasteiger partial charge in [-0.2, -0.15) is 4.31 Å². The summed E-state index contributed by atoms with van der Waals surface area (Å²) in [6, 6.07) is 9.54. The van der Waals surface area contributed by atoms with Crippen LogP contribution in [0, 0.1) is 20.8 Å². The van der Waals surface area contributed by atoms with Gasteiger partial charge in [0, 0.05) is 24.5 Å². The quantitative estimate of drug-likeness (QED) is 0.853. The van der Waals surface area contributed by atoms with Crippen molar-refractivity contribution in [2.45, 2.75) is 45.2 Å². The minimum absolute atomic E-state index is 0.146. The topological polar surface area (TPSA) is 42.3 Å². The van der Waals surface area contributed by atoms with Crippen LogP contribution < -0.4 is 0 Å². The Morgan fingerprint density at radius 3 is 2.50 bits per heavy atom. The Balaban J connectivity index is 2.05. The highest BCUT2D eigenvalue weighted by molar-refractivity contribution is 7.89. The minimum atomic E-state index is -3.48. The third kappa shape index (κ3) is 2.29. The first kappa shape index (κ1) is 15.3. The monoisotopic (exact) mass is 318 g/mol. The Labute approximate surface area is 132 Å². The molecule has 1 aromatic carbocycles. The van der Waals surface area contributed by atoms with E-state index < -0.39 is 10.0 Å². The maximum Gasteiger partial charge on any atom is 0.244 e. The second kappa shape index (κ2) is 5.25. The lowest BCUT2D eigenvalue weighted by Crippen LogP contribution is -2.41. The molecule has 22 heavy (non-hydrogen) atoms. The number of nitrogens with zero attached hydrogens (tertiary/aromatic N) is 2. The average Bonchev–Trinajstić information content (AvgIpc) is 2.84. The predicted molar refractivity (Wildman–Crippen MR) is 87.4 cm³/mol. The molecule has 0 aliphatic carbocycles. The van der Waals surface area contributed by atoms with Crippen LogP contribution in [-0.2, 0) is 16.6 Å². The number of rotatable bonds is 2. The van der Waals surface area contributed by atoms with E-state index in [-0.39, 0.29) is 6.04 Å². The van der Waals surface area contributed by atoms with Crippen molar-refractivity contribution in [2.75, 3.05) is 6.54 Å². The fraction of sp³-hybridized carbons (Fsp3) is 0.412. The average molecular weight is 318 g/mol. The smallest absolute Gasteiger partial charge is 0.244 e. The Morgan fingerprint density at radius 2 is 1.77 bits per heavy atom. The zero-order chi connectivity index (χ0) is 16.1. The van der Waals surface area contributed by atoms with Crippen LogP contribution in [0.4, 0.5) is 0 Å². The highest BCUT2D eigenvalue weighted by atomic mass is 32.2. The molecule has 0 bridgehead atoms. The Hall–Kier alpha value is -1.59. The van der Waals surface area contributed by atoms with Crippen molar-refractivity contribution in [1.29, 1.82) is 0 Å². The van der Waals surface area contributed by atoms with Crippen LogP contribution in [0.3, 0.4) is 0 Å². The largest absolute Gasteiger partial charge is 0.346 e. The van der Waals surface area contributed by atoms with Gasteiger partial charge >= 0.3 is 0 Å². The molecule has 0 radical (unpaired) electrons. The van der Waals surface area contributed by atoms with Crippen LogP contribution in [0.15, 0.2) is 35.2 Å². The van der Waals surface area contributed by atoms with E-state index >= 15 is 0 Å². The number of aromatic nitrogens is 1. The first-order valence-electron chi connectivity index (χ1n) is 7.57. The van der Waals surface area contributed by atoms with Crippen molar-refractivity contribution in [3.63, 3.8) is 0 Å². The van der Waals surface area contributed by atoms with E-state index in [4.69, 9.17) is 0 Å². The molecular weight excluding hydrogens is 296 g/mol. The third-order valence-corrected chi connectivity index (χ3v) is 6.68. The predicted octanol–water partition coefficient (Wildman–Crippen LogP) is 3.18. The highest BCUT2D eigenvalue weighted by Gasteiger charge is 2.35. The maximum atomic E-state index is 13.1. The van der Waals surface area contributed by atoms with Crippen LogP contribution in [0.25, 0.3) is 0 Å². The van der Waals surface area contributed by atoms with E-state index in [0.717, 1.165) is 16.8 Å². The standard InChI is InChI=1S/C17H22N2O2S/c1-12-5-6-13(2)17(11-12)22(20,21)19-10-9-18-14(3)7-8-16(18)15(19)4/h5-8,11,15H,9-10H2,1-4H3/t15-/m0/s1. The summed E-state index contributed by atoms with van der Waals surface area (Å²) >= 11 is 0. The molecule has 2 aromatic rings. The lowest BCUT2D eigenvalue weighted by Gasteiger charge is -2.34. The summed E-state index contributed by atoms with van der Waals surface area (Å²) in [5.41, 5.74) is 4.02. The highest BCUT2D eigenvalue weighted by Crippen LogP contribution is 2.33. The molecule has 4 nitrogen and oxygen atoms in total. The maximum absolute atomic E-state index is 13.1. The molecule has 1 atom stereocenters. The van der Waals surface area contributed by atoms with Crippen molar-refractivity contribution in [3.8, 4) is 0 Å².